The van der Waals surface area contributed by atoms with Crippen molar-refractivity contribution in [2.75, 3.05) is 13.2 Å². The number of benzene rings is 1. The van der Waals surface area contributed by atoms with Crippen LogP contribution in [0.3, 0.4) is 0 Å². The van der Waals surface area contributed by atoms with E-state index in [2.05, 4.69) is 13.8 Å². The van der Waals surface area contributed by atoms with Crippen LogP contribution < -0.4 is 9.47 Å². The van der Waals surface area contributed by atoms with Crippen molar-refractivity contribution in [2.24, 2.45) is 0 Å². The Balaban J connectivity index is 2.02. The molecule has 0 radical (unpaired) electrons. The van der Waals surface area contributed by atoms with Gasteiger partial charge >= 0.3 is 0 Å². The quantitative estimate of drug-likeness (QED) is 0.0607. The average Bonchev–Trinajstić information content (AvgIpc) is 3.01. The third-order valence-corrected chi connectivity index (χ3v) is 8.61. The lowest BCUT2D eigenvalue weighted by Gasteiger charge is -2.13. The molecule has 3 nitrogen and oxygen atoms in total. The molecule has 0 aliphatic carbocycles. The number of carbonyl (C=O) groups is 1. The van der Waals surface area contributed by atoms with Crippen LogP contribution in [0.5, 0.6) is 11.5 Å². The zero-order valence-electron chi connectivity index (χ0n) is 28.2. The first-order chi connectivity index (χ1) is 20.8. The molecule has 1 rings (SSSR count). The minimum absolute atomic E-state index is 0.648. The topological polar surface area (TPSA) is 35.5 Å². The second-order valence-corrected chi connectivity index (χ2v) is 12.7. The van der Waals surface area contributed by atoms with Gasteiger partial charge in [0.2, 0.25) is 0 Å². The van der Waals surface area contributed by atoms with E-state index in [0.717, 1.165) is 30.6 Å². The maximum Gasteiger partial charge on any atom is 0.161 e. The van der Waals surface area contributed by atoms with Crippen molar-refractivity contribution < 1.29 is 14.3 Å². The summed E-state index contributed by atoms with van der Waals surface area (Å²) in [6.07, 6.45) is 38.9. The van der Waals surface area contributed by atoms with E-state index < -0.39 is 0 Å². The summed E-state index contributed by atoms with van der Waals surface area (Å²) in [6, 6.07) is 5.55. The summed E-state index contributed by atoms with van der Waals surface area (Å²) in [6.45, 7) is 5.98. The molecule has 0 aliphatic heterocycles. The van der Waals surface area contributed by atoms with Gasteiger partial charge in [0, 0.05) is 5.56 Å². The van der Waals surface area contributed by atoms with Gasteiger partial charge < -0.3 is 9.47 Å². The van der Waals surface area contributed by atoms with Crippen molar-refractivity contribution in [3.05, 3.63) is 23.8 Å². The van der Waals surface area contributed by atoms with Gasteiger partial charge in [-0.2, -0.15) is 0 Å². The Kier molecular flexibility index (Phi) is 28.4. The van der Waals surface area contributed by atoms with Gasteiger partial charge in [0.25, 0.3) is 0 Å². The molecule has 0 aliphatic rings. The molecular formula is C39H70O3. The lowest BCUT2D eigenvalue weighted by Crippen LogP contribution is -2.03. The second-order valence-electron chi connectivity index (χ2n) is 12.7. The fourth-order valence-electron chi connectivity index (χ4n) is 5.79. The predicted octanol–water partition coefficient (Wildman–Crippen LogP) is 13.2. The van der Waals surface area contributed by atoms with Gasteiger partial charge in [-0.25, -0.2) is 0 Å². The van der Waals surface area contributed by atoms with Crippen LogP contribution in [0.4, 0.5) is 0 Å². The summed E-state index contributed by atoms with van der Waals surface area (Å²) >= 11 is 0. The van der Waals surface area contributed by atoms with Gasteiger partial charge in [0.05, 0.1) is 13.2 Å². The molecule has 0 aromatic heterocycles. The molecule has 1 aromatic rings. The molecule has 0 atom stereocenters. The highest BCUT2D eigenvalue weighted by Crippen LogP contribution is 2.29. The van der Waals surface area contributed by atoms with E-state index in [4.69, 9.17) is 9.47 Å². The second kappa shape index (κ2) is 30.9. The first kappa shape index (κ1) is 38.5. The largest absolute Gasteiger partial charge is 0.490 e. The fraction of sp³-hybridized carbons (Fsp3) is 0.821. The van der Waals surface area contributed by atoms with Crippen molar-refractivity contribution in [2.45, 2.75) is 194 Å². The molecule has 1 aromatic carbocycles. The maximum atomic E-state index is 11.3. The molecule has 0 fully saturated rings. The van der Waals surface area contributed by atoms with E-state index in [1.807, 2.05) is 18.2 Å². The Labute approximate surface area is 262 Å². The third-order valence-electron chi connectivity index (χ3n) is 8.61. The summed E-state index contributed by atoms with van der Waals surface area (Å²) in [7, 11) is 0. The number of unbranched alkanes of at least 4 members (excludes halogenated alkanes) is 26. The monoisotopic (exact) mass is 587 g/mol. The molecule has 0 saturated heterocycles. The minimum atomic E-state index is 0.648. The number of aldehydes is 1. The maximum absolute atomic E-state index is 11.3. The van der Waals surface area contributed by atoms with Crippen LogP contribution >= 0.6 is 0 Å². The molecule has 0 amide bonds. The number of hydrogen-bond donors (Lipinski definition) is 0. The third kappa shape index (κ3) is 24.0. The standard InChI is InChI=1S/C39H70O3/c1-3-5-7-9-11-13-15-17-19-21-23-25-27-29-33-41-38-32-31-37(36-40)35-39(38)42-34-30-28-26-24-22-20-18-16-14-12-10-8-6-4-2/h31-32,35-36H,3-30,33-34H2,1-2H3. The van der Waals surface area contributed by atoms with Gasteiger partial charge in [-0.3, -0.25) is 4.79 Å². The number of hydrogen-bond acceptors (Lipinski definition) is 3. The molecule has 0 unspecified atom stereocenters. The van der Waals surface area contributed by atoms with E-state index in [0.29, 0.717) is 18.8 Å². The van der Waals surface area contributed by atoms with E-state index in [1.165, 1.54) is 167 Å². The molecule has 42 heavy (non-hydrogen) atoms. The Bertz CT molecular complexity index is 701. The van der Waals surface area contributed by atoms with E-state index in [1.54, 1.807) is 0 Å². The molecule has 0 N–H and O–H groups in total. The molecule has 0 spiro atoms. The zero-order chi connectivity index (χ0) is 30.2. The first-order valence-electron chi connectivity index (χ1n) is 18.7. The summed E-state index contributed by atoms with van der Waals surface area (Å²) in [4.78, 5) is 11.3. The van der Waals surface area contributed by atoms with Crippen LogP contribution in [0, 0.1) is 0 Å². The first-order valence-corrected chi connectivity index (χ1v) is 18.7. The zero-order valence-corrected chi connectivity index (χ0v) is 28.2. The summed E-state index contributed by atoms with van der Waals surface area (Å²) in [5, 5.41) is 0. The SMILES string of the molecule is CCCCCCCCCCCCCCCCOc1ccc(C=O)cc1OCCCCCCCCCCCCCCCC. The van der Waals surface area contributed by atoms with Crippen LogP contribution in [0.1, 0.15) is 204 Å². The highest BCUT2D eigenvalue weighted by atomic mass is 16.5. The Hall–Kier alpha value is -1.51. The minimum Gasteiger partial charge on any atom is -0.490 e. The molecule has 0 bridgehead atoms. The molecule has 0 saturated carbocycles. The number of rotatable bonds is 33. The van der Waals surface area contributed by atoms with Gasteiger partial charge in [-0.15, -0.1) is 0 Å². The van der Waals surface area contributed by atoms with Crippen molar-refractivity contribution in [1.82, 2.24) is 0 Å². The molecular weight excluding hydrogens is 516 g/mol. The molecule has 3 heteroatoms. The van der Waals surface area contributed by atoms with E-state index in [9.17, 15) is 4.79 Å². The van der Waals surface area contributed by atoms with Crippen molar-refractivity contribution in [1.29, 1.82) is 0 Å². The van der Waals surface area contributed by atoms with Crippen molar-refractivity contribution in [3.8, 4) is 11.5 Å². The Morgan fingerprint density at radius 1 is 0.429 bits per heavy atom. The summed E-state index contributed by atoms with van der Waals surface area (Å²) in [5.41, 5.74) is 0.648. The average molecular weight is 587 g/mol. The summed E-state index contributed by atoms with van der Waals surface area (Å²) < 4.78 is 12.2. The van der Waals surface area contributed by atoms with Crippen LogP contribution in [0.25, 0.3) is 0 Å². The van der Waals surface area contributed by atoms with E-state index in [-0.39, 0.29) is 0 Å². The predicted molar refractivity (Wildman–Crippen MR) is 183 cm³/mol. The lowest BCUT2D eigenvalue weighted by atomic mass is 10.0. The highest BCUT2D eigenvalue weighted by Gasteiger charge is 2.07. The number of carbonyl (C=O) groups excluding carboxylic acids is 1. The van der Waals surface area contributed by atoms with Crippen LogP contribution in [-0.2, 0) is 0 Å². The fourth-order valence-corrected chi connectivity index (χ4v) is 5.79. The van der Waals surface area contributed by atoms with Crippen molar-refractivity contribution >= 4 is 6.29 Å². The molecule has 244 valence electrons. The Morgan fingerprint density at radius 2 is 0.738 bits per heavy atom. The summed E-state index contributed by atoms with van der Waals surface area (Å²) in [5.74, 6) is 1.50. The Morgan fingerprint density at radius 3 is 1.07 bits per heavy atom. The smallest absolute Gasteiger partial charge is 0.161 e. The van der Waals surface area contributed by atoms with Crippen LogP contribution in [0.15, 0.2) is 18.2 Å². The number of ether oxygens (including phenoxy) is 2. The van der Waals surface area contributed by atoms with Crippen molar-refractivity contribution in [3.63, 3.8) is 0 Å². The van der Waals surface area contributed by atoms with Gasteiger partial charge in [0.15, 0.2) is 11.5 Å². The van der Waals surface area contributed by atoms with Gasteiger partial charge in [-0.05, 0) is 31.0 Å². The van der Waals surface area contributed by atoms with Crippen LogP contribution in [-0.4, -0.2) is 19.5 Å². The normalized spacial score (nSPS) is 11.2. The molecule has 0 heterocycles. The van der Waals surface area contributed by atoms with Gasteiger partial charge in [0.1, 0.15) is 6.29 Å². The van der Waals surface area contributed by atoms with Crippen LogP contribution in [0.2, 0.25) is 0 Å². The highest BCUT2D eigenvalue weighted by molar-refractivity contribution is 5.76. The van der Waals surface area contributed by atoms with E-state index >= 15 is 0 Å². The lowest BCUT2D eigenvalue weighted by molar-refractivity contribution is 0.112. The van der Waals surface area contributed by atoms with Gasteiger partial charge in [-0.1, -0.05) is 181 Å².